The summed E-state index contributed by atoms with van der Waals surface area (Å²) >= 11 is 0. The van der Waals surface area contributed by atoms with Crippen molar-refractivity contribution in [1.29, 1.82) is 0 Å². The Labute approximate surface area is 252 Å². The van der Waals surface area contributed by atoms with Crippen LogP contribution in [0.15, 0.2) is 163 Å². The van der Waals surface area contributed by atoms with Crippen molar-refractivity contribution in [2.24, 2.45) is 0 Å². The molecule has 0 unspecified atom stereocenters. The molecule has 0 heterocycles. The number of rotatable bonds is 9. The van der Waals surface area contributed by atoms with Gasteiger partial charge >= 0.3 is 0 Å². The second-order valence-electron chi connectivity index (χ2n) is 10.9. The van der Waals surface area contributed by atoms with Gasteiger partial charge in [0.25, 0.3) is 0 Å². The van der Waals surface area contributed by atoms with Gasteiger partial charge < -0.3 is 4.90 Å². The van der Waals surface area contributed by atoms with Gasteiger partial charge in [-0.1, -0.05) is 134 Å². The molecule has 0 atom stereocenters. The number of benzene rings is 3. The maximum Gasteiger partial charge on any atom is 0.0455 e. The number of hydrogen-bond acceptors (Lipinski definition) is 1. The molecule has 0 bridgehead atoms. The SMILES string of the molecule is C=C(CC/C(=C\C)c1ccccc1)N(C1=CC=C(c2ccc(C)cc2)CC=C1)C1=CC/C=C(/c2ccccc2)CC=C1. The maximum absolute atomic E-state index is 4.65. The zero-order valence-electron chi connectivity index (χ0n) is 25.0. The molecule has 3 aromatic carbocycles. The lowest BCUT2D eigenvalue weighted by Gasteiger charge is -2.30. The first-order valence-electron chi connectivity index (χ1n) is 15.1. The molecular weight excluding hydrogens is 506 g/mol. The van der Waals surface area contributed by atoms with E-state index >= 15 is 0 Å². The summed E-state index contributed by atoms with van der Waals surface area (Å²) in [6.07, 6.45) is 25.1. The molecule has 0 amide bonds. The van der Waals surface area contributed by atoms with Gasteiger partial charge in [0.05, 0.1) is 0 Å². The van der Waals surface area contributed by atoms with Crippen molar-refractivity contribution in [3.05, 3.63) is 186 Å². The third-order valence-corrected chi connectivity index (χ3v) is 7.97. The first-order chi connectivity index (χ1) is 20.6. The zero-order valence-corrected chi connectivity index (χ0v) is 25.0. The van der Waals surface area contributed by atoms with Crippen LogP contribution in [0.3, 0.4) is 0 Å². The first-order valence-corrected chi connectivity index (χ1v) is 15.1. The van der Waals surface area contributed by atoms with Crippen LogP contribution in [0.25, 0.3) is 16.7 Å². The van der Waals surface area contributed by atoms with Crippen molar-refractivity contribution < 1.29 is 0 Å². The molecule has 0 radical (unpaired) electrons. The molecule has 1 nitrogen and oxygen atoms in total. The molecule has 0 fully saturated rings. The Kier molecular flexibility index (Phi) is 9.86. The van der Waals surface area contributed by atoms with Crippen LogP contribution >= 0.6 is 0 Å². The molecule has 0 N–H and O–H groups in total. The highest BCUT2D eigenvalue weighted by Crippen LogP contribution is 2.32. The normalized spacial score (nSPS) is 16.7. The molecule has 3 aromatic rings. The number of aryl methyl sites for hydroxylation is 1. The van der Waals surface area contributed by atoms with E-state index in [4.69, 9.17) is 0 Å². The summed E-state index contributed by atoms with van der Waals surface area (Å²) in [5.41, 5.74) is 12.6. The van der Waals surface area contributed by atoms with Gasteiger partial charge in [0.1, 0.15) is 0 Å². The molecular formula is C41H41N. The van der Waals surface area contributed by atoms with Crippen LogP contribution in [-0.4, -0.2) is 4.90 Å². The van der Waals surface area contributed by atoms with Gasteiger partial charge in [-0.05, 0) is 97.6 Å². The van der Waals surface area contributed by atoms with Crippen molar-refractivity contribution in [1.82, 2.24) is 4.90 Å². The van der Waals surface area contributed by atoms with E-state index in [0.717, 1.165) is 43.5 Å². The minimum absolute atomic E-state index is 0.866. The second kappa shape index (κ2) is 14.3. The third kappa shape index (κ3) is 7.36. The largest absolute Gasteiger partial charge is 0.315 e. The van der Waals surface area contributed by atoms with Crippen LogP contribution in [0, 0.1) is 6.92 Å². The van der Waals surface area contributed by atoms with E-state index in [1.807, 2.05) is 0 Å². The average molecular weight is 548 g/mol. The van der Waals surface area contributed by atoms with Crippen LogP contribution in [0.5, 0.6) is 0 Å². The molecule has 5 rings (SSSR count). The predicted octanol–water partition coefficient (Wildman–Crippen LogP) is 11.2. The summed E-state index contributed by atoms with van der Waals surface area (Å²) in [6, 6.07) is 30.2. The Morgan fingerprint density at radius 3 is 2.07 bits per heavy atom. The fourth-order valence-corrected chi connectivity index (χ4v) is 5.59. The summed E-state index contributed by atoms with van der Waals surface area (Å²) in [5.74, 6) is 0. The Morgan fingerprint density at radius 1 is 0.714 bits per heavy atom. The molecule has 0 spiro atoms. The van der Waals surface area contributed by atoms with Gasteiger partial charge in [-0.3, -0.25) is 0 Å². The quantitative estimate of drug-likeness (QED) is 0.257. The van der Waals surface area contributed by atoms with Crippen molar-refractivity contribution in [2.75, 3.05) is 0 Å². The van der Waals surface area contributed by atoms with E-state index in [9.17, 15) is 0 Å². The molecule has 1 heteroatoms. The van der Waals surface area contributed by atoms with E-state index in [0.29, 0.717) is 0 Å². The zero-order chi connectivity index (χ0) is 29.1. The maximum atomic E-state index is 4.65. The van der Waals surface area contributed by atoms with Gasteiger partial charge in [0, 0.05) is 17.1 Å². The summed E-state index contributed by atoms with van der Waals surface area (Å²) in [5, 5.41) is 0. The van der Waals surface area contributed by atoms with Gasteiger partial charge in [-0.2, -0.15) is 0 Å². The Bertz CT molecular complexity index is 1590. The lowest BCUT2D eigenvalue weighted by atomic mass is 9.98. The topological polar surface area (TPSA) is 3.24 Å². The Hall–Kier alpha value is -4.62. The van der Waals surface area contributed by atoms with Crippen LogP contribution in [0.4, 0.5) is 0 Å². The Morgan fingerprint density at radius 2 is 1.36 bits per heavy atom. The smallest absolute Gasteiger partial charge is 0.0455 e. The molecule has 42 heavy (non-hydrogen) atoms. The third-order valence-electron chi connectivity index (χ3n) is 7.97. The van der Waals surface area contributed by atoms with Gasteiger partial charge in [0.2, 0.25) is 0 Å². The van der Waals surface area contributed by atoms with Crippen molar-refractivity contribution in [3.63, 3.8) is 0 Å². The molecule has 2 aliphatic rings. The standard InChI is InChI=1S/C41H41N/c1-4-34(35-14-7-5-8-15-35)29-26-33(3)42(40-21-11-18-37(19-12-22-40)36-16-9-6-10-17-36)41-23-13-20-38(30-31-41)39-27-24-32(2)25-28-39/h4-11,13-17,19,21-25,27-28,30-31H,3,12,18,20,26,29H2,1-2H3/b21-11?,34-4+,37-19+,40-22?. The van der Waals surface area contributed by atoms with Gasteiger partial charge in [-0.15, -0.1) is 0 Å². The van der Waals surface area contributed by atoms with E-state index in [-0.39, 0.29) is 0 Å². The summed E-state index contributed by atoms with van der Waals surface area (Å²) < 4.78 is 0. The van der Waals surface area contributed by atoms with E-state index in [1.165, 1.54) is 44.7 Å². The highest BCUT2D eigenvalue weighted by atomic mass is 15.2. The second-order valence-corrected chi connectivity index (χ2v) is 10.9. The number of nitrogens with zero attached hydrogens (tertiary/aromatic N) is 1. The summed E-state index contributed by atoms with van der Waals surface area (Å²) in [6.45, 7) is 8.92. The fourth-order valence-electron chi connectivity index (χ4n) is 5.59. The Balaban J connectivity index is 1.45. The lowest BCUT2D eigenvalue weighted by molar-refractivity contribution is 0.533. The molecule has 0 saturated carbocycles. The number of hydrogen-bond donors (Lipinski definition) is 0. The molecule has 0 aliphatic heterocycles. The van der Waals surface area contributed by atoms with Gasteiger partial charge in [0.15, 0.2) is 0 Å². The minimum Gasteiger partial charge on any atom is -0.315 e. The first kappa shape index (κ1) is 28.9. The fraction of sp³-hybridized carbons (Fsp3) is 0.171. The molecule has 210 valence electrons. The van der Waals surface area contributed by atoms with Gasteiger partial charge in [-0.25, -0.2) is 0 Å². The molecule has 0 saturated heterocycles. The number of allylic oxidation sites excluding steroid dienone is 13. The lowest BCUT2D eigenvalue weighted by Crippen LogP contribution is -2.20. The highest BCUT2D eigenvalue weighted by Gasteiger charge is 2.17. The van der Waals surface area contributed by atoms with Crippen LogP contribution in [0.2, 0.25) is 0 Å². The predicted molar refractivity (Wildman–Crippen MR) is 182 cm³/mol. The molecule has 0 aromatic heterocycles. The van der Waals surface area contributed by atoms with Crippen molar-refractivity contribution in [2.45, 2.75) is 46.0 Å². The highest BCUT2D eigenvalue weighted by molar-refractivity contribution is 5.70. The van der Waals surface area contributed by atoms with E-state index < -0.39 is 0 Å². The van der Waals surface area contributed by atoms with Crippen LogP contribution < -0.4 is 0 Å². The van der Waals surface area contributed by atoms with Crippen LogP contribution in [-0.2, 0) is 0 Å². The monoisotopic (exact) mass is 547 g/mol. The van der Waals surface area contributed by atoms with E-state index in [2.05, 4.69) is 165 Å². The summed E-state index contributed by atoms with van der Waals surface area (Å²) in [7, 11) is 0. The summed E-state index contributed by atoms with van der Waals surface area (Å²) in [4.78, 5) is 2.36. The van der Waals surface area contributed by atoms with Crippen molar-refractivity contribution >= 4 is 16.7 Å². The molecule has 2 aliphatic carbocycles. The van der Waals surface area contributed by atoms with Crippen molar-refractivity contribution in [3.8, 4) is 0 Å². The van der Waals surface area contributed by atoms with E-state index in [1.54, 1.807) is 0 Å². The van der Waals surface area contributed by atoms with Crippen LogP contribution in [0.1, 0.15) is 61.3 Å². The average Bonchev–Trinajstić information content (AvgIpc) is 3.26. The minimum atomic E-state index is 0.866.